The molecule has 3 heteroatoms. The molecular weight excluding hydrogens is 401 g/mol. The first kappa shape index (κ1) is 19.9. The lowest BCUT2D eigenvalue weighted by Crippen LogP contribution is -2.09. The summed E-state index contributed by atoms with van der Waals surface area (Å²) in [6.45, 7) is 6.73. The van der Waals surface area contributed by atoms with Gasteiger partial charge in [-0.25, -0.2) is 4.39 Å². The zero-order valence-corrected chi connectivity index (χ0v) is 18.8. The van der Waals surface area contributed by atoms with Gasteiger partial charge < -0.3 is 0 Å². The molecular formula is C28H24FNS. The van der Waals surface area contributed by atoms with E-state index in [4.69, 9.17) is 0 Å². The van der Waals surface area contributed by atoms with Crippen molar-refractivity contribution >= 4 is 31.5 Å². The fraction of sp³-hybridized carbons (Fsp3) is 0.179. The fourth-order valence-electron chi connectivity index (χ4n) is 4.15. The molecule has 0 atom stereocenters. The minimum absolute atomic E-state index is 0.163. The van der Waals surface area contributed by atoms with Gasteiger partial charge in [-0.1, -0.05) is 63.2 Å². The largest absolute Gasteiger partial charge is 0.256 e. The van der Waals surface area contributed by atoms with Gasteiger partial charge in [0.25, 0.3) is 0 Å². The molecule has 154 valence electrons. The standard InChI is InChI=1S/C28H24FNS/c1-28(2,3)17-18-11-12-30-25(13-18)20-9-10-22-23-14-21(19-7-5-4-6-8-19)15-24(29)27(23)31-26(22)16-20/h4-16H,17H2,1-3H3. The number of nitrogens with zero attached hydrogens (tertiary/aromatic N) is 1. The Balaban J connectivity index is 1.61. The lowest BCUT2D eigenvalue weighted by Gasteiger charge is -2.18. The third-order valence-corrected chi connectivity index (χ3v) is 6.67. The van der Waals surface area contributed by atoms with Crippen LogP contribution < -0.4 is 0 Å². The minimum atomic E-state index is -0.163. The normalized spacial score (nSPS) is 12.0. The van der Waals surface area contributed by atoms with E-state index < -0.39 is 0 Å². The molecule has 0 radical (unpaired) electrons. The molecule has 5 rings (SSSR count). The third kappa shape index (κ3) is 3.98. The maximum absolute atomic E-state index is 15.0. The molecule has 0 spiro atoms. The molecule has 2 aromatic heterocycles. The summed E-state index contributed by atoms with van der Waals surface area (Å²) in [6, 6.07) is 24.3. The highest BCUT2D eigenvalue weighted by Gasteiger charge is 2.15. The van der Waals surface area contributed by atoms with Gasteiger partial charge in [-0.15, -0.1) is 11.3 Å². The average molecular weight is 426 g/mol. The SMILES string of the molecule is CC(C)(C)Cc1ccnc(-c2ccc3c(c2)sc2c(F)cc(-c4ccccc4)cc23)c1. The van der Waals surface area contributed by atoms with E-state index in [1.807, 2.05) is 36.5 Å². The third-order valence-electron chi connectivity index (χ3n) is 5.49. The van der Waals surface area contributed by atoms with Crippen LogP contribution in [-0.4, -0.2) is 4.98 Å². The Morgan fingerprint density at radius 1 is 0.806 bits per heavy atom. The van der Waals surface area contributed by atoms with E-state index in [0.717, 1.165) is 44.3 Å². The minimum Gasteiger partial charge on any atom is -0.256 e. The van der Waals surface area contributed by atoms with Gasteiger partial charge in [0.15, 0.2) is 0 Å². The number of pyridine rings is 1. The van der Waals surface area contributed by atoms with Crippen molar-refractivity contribution in [3.8, 4) is 22.4 Å². The molecule has 0 saturated heterocycles. The van der Waals surface area contributed by atoms with Crippen molar-refractivity contribution in [2.24, 2.45) is 5.41 Å². The molecule has 31 heavy (non-hydrogen) atoms. The summed E-state index contributed by atoms with van der Waals surface area (Å²) in [7, 11) is 0. The molecule has 0 aliphatic rings. The van der Waals surface area contributed by atoms with Gasteiger partial charge in [-0.2, -0.15) is 0 Å². The van der Waals surface area contributed by atoms with E-state index >= 15 is 4.39 Å². The van der Waals surface area contributed by atoms with Crippen molar-refractivity contribution in [2.45, 2.75) is 27.2 Å². The Bertz CT molecular complexity index is 1390. The Kier molecular flexibility index (Phi) is 4.86. The topological polar surface area (TPSA) is 12.9 Å². The maximum Gasteiger partial charge on any atom is 0.141 e. The van der Waals surface area contributed by atoms with Crippen LogP contribution in [0.3, 0.4) is 0 Å². The molecule has 2 heterocycles. The van der Waals surface area contributed by atoms with Gasteiger partial charge in [0, 0.05) is 27.2 Å². The van der Waals surface area contributed by atoms with Crippen LogP contribution >= 0.6 is 11.3 Å². The summed E-state index contributed by atoms with van der Waals surface area (Å²) in [6.07, 6.45) is 2.89. The highest BCUT2D eigenvalue weighted by molar-refractivity contribution is 7.25. The van der Waals surface area contributed by atoms with Crippen LogP contribution in [0.15, 0.2) is 79.0 Å². The molecule has 5 aromatic rings. The molecule has 0 N–H and O–H groups in total. The van der Waals surface area contributed by atoms with Crippen LogP contribution in [0.2, 0.25) is 0 Å². The molecule has 3 aromatic carbocycles. The molecule has 0 saturated carbocycles. The number of rotatable bonds is 3. The van der Waals surface area contributed by atoms with E-state index in [1.54, 1.807) is 6.07 Å². The highest BCUT2D eigenvalue weighted by Crippen LogP contribution is 2.39. The Morgan fingerprint density at radius 3 is 2.39 bits per heavy atom. The van der Waals surface area contributed by atoms with E-state index in [0.29, 0.717) is 4.70 Å². The summed E-state index contributed by atoms with van der Waals surface area (Å²) >= 11 is 1.51. The summed E-state index contributed by atoms with van der Waals surface area (Å²) in [4.78, 5) is 4.60. The fourth-order valence-corrected chi connectivity index (χ4v) is 5.28. The molecule has 0 fully saturated rings. The Morgan fingerprint density at radius 2 is 1.61 bits per heavy atom. The van der Waals surface area contributed by atoms with Crippen LogP contribution in [0.25, 0.3) is 42.6 Å². The van der Waals surface area contributed by atoms with Crippen LogP contribution in [0.1, 0.15) is 26.3 Å². The highest BCUT2D eigenvalue weighted by atomic mass is 32.1. The van der Waals surface area contributed by atoms with E-state index in [1.165, 1.54) is 16.9 Å². The van der Waals surface area contributed by atoms with E-state index in [9.17, 15) is 0 Å². The van der Waals surface area contributed by atoms with Gasteiger partial charge in [-0.3, -0.25) is 4.98 Å². The predicted molar refractivity (Wildman–Crippen MR) is 131 cm³/mol. The summed E-state index contributed by atoms with van der Waals surface area (Å²) in [5.74, 6) is -0.163. The first-order valence-corrected chi connectivity index (χ1v) is 11.4. The monoisotopic (exact) mass is 425 g/mol. The number of aromatic nitrogens is 1. The number of benzene rings is 3. The second-order valence-electron chi connectivity index (χ2n) is 9.30. The molecule has 1 nitrogen and oxygen atoms in total. The molecule has 0 aliphatic carbocycles. The maximum atomic E-state index is 15.0. The first-order chi connectivity index (χ1) is 14.9. The van der Waals surface area contributed by atoms with Crippen molar-refractivity contribution in [3.63, 3.8) is 0 Å². The Labute approximate surface area is 186 Å². The number of halogens is 1. The zero-order chi connectivity index (χ0) is 21.6. The van der Waals surface area contributed by atoms with Crippen molar-refractivity contribution in [2.75, 3.05) is 0 Å². The average Bonchev–Trinajstić information content (AvgIpc) is 3.12. The van der Waals surface area contributed by atoms with Crippen LogP contribution in [-0.2, 0) is 6.42 Å². The van der Waals surface area contributed by atoms with Gasteiger partial charge in [-0.05, 0) is 58.9 Å². The summed E-state index contributed by atoms with van der Waals surface area (Å²) in [5.41, 5.74) is 5.48. The van der Waals surface area contributed by atoms with Crippen LogP contribution in [0, 0.1) is 11.2 Å². The van der Waals surface area contributed by atoms with Crippen molar-refractivity contribution in [1.29, 1.82) is 0 Å². The van der Waals surface area contributed by atoms with E-state index in [2.05, 4.69) is 62.2 Å². The van der Waals surface area contributed by atoms with Crippen molar-refractivity contribution < 1.29 is 4.39 Å². The van der Waals surface area contributed by atoms with Crippen molar-refractivity contribution in [3.05, 3.63) is 90.4 Å². The lowest BCUT2D eigenvalue weighted by atomic mass is 9.88. The second-order valence-corrected chi connectivity index (χ2v) is 10.4. The summed E-state index contributed by atoms with van der Waals surface area (Å²) in [5, 5.41) is 2.06. The lowest BCUT2D eigenvalue weighted by molar-refractivity contribution is 0.411. The number of hydrogen-bond acceptors (Lipinski definition) is 2. The van der Waals surface area contributed by atoms with Crippen LogP contribution in [0.5, 0.6) is 0 Å². The molecule has 0 unspecified atom stereocenters. The zero-order valence-electron chi connectivity index (χ0n) is 17.9. The van der Waals surface area contributed by atoms with Gasteiger partial charge >= 0.3 is 0 Å². The number of hydrogen-bond donors (Lipinski definition) is 0. The predicted octanol–water partition coefficient (Wildman–Crippen LogP) is 8.51. The summed E-state index contributed by atoms with van der Waals surface area (Å²) < 4.78 is 16.8. The molecule has 0 bridgehead atoms. The number of fused-ring (bicyclic) bond motifs is 3. The van der Waals surface area contributed by atoms with Gasteiger partial charge in [0.2, 0.25) is 0 Å². The van der Waals surface area contributed by atoms with Crippen LogP contribution in [0.4, 0.5) is 4.39 Å². The Hall–Kier alpha value is -3.04. The van der Waals surface area contributed by atoms with Crippen molar-refractivity contribution in [1.82, 2.24) is 4.98 Å². The molecule has 0 amide bonds. The second kappa shape index (κ2) is 7.58. The first-order valence-electron chi connectivity index (χ1n) is 10.5. The smallest absolute Gasteiger partial charge is 0.141 e. The van der Waals surface area contributed by atoms with Gasteiger partial charge in [0.1, 0.15) is 5.82 Å². The van der Waals surface area contributed by atoms with Gasteiger partial charge in [0.05, 0.1) is 10.4 Å². The molecule has 0 aliphatic heterocycles. The van der Waals surface area contributed by atoms with E-state index in [-0.39, 0.29) is 11.2 Å². The quantitative estimate of drug-likeness (QED) is 0.282. The number of thiophene rings is 1.